The average molecular weight is 329 g/mol. The molecule has 0 spiro atoms. The number of hydrogen-bond acceptors (Lipinski definition) is 4. The molecule has 1 amide bonds. The van der Waals surface area contributed by atoms with Crippen LogP contribution < -0.4 is 14.8 Å². The lowest BCUT2D eigenvalue weighted by Crippen LogP contribution is -2.22. The second kappa shape index (κ2) is 8.01. The van der Waals surface area contributed by atoms with E-state index < -0.39 is 12.1 Å². The summed E-state index contributed by atoms with van der Waals surface area (Å²) in [6.07, 6.45) is -0.950. The second-order valence-corrected chi connectivity index (χ2v) is 5.03. The number of carbonyl (C=O) groups excluding carboxylic acids is 1. The van der Waals surface area contributed by atoms with Crippen molar-refractivity contribution in [1.82, 2.24) is 0 Å². The van der Waals surface area contributed by atoms with E-state index in [-0.39, 0.29) is 5.91 Å². The molecule has 0 bridgehead atoms. The van der Waals surface area contributed by atoms with Gasteiger partial charge in [-0.05, 0) is 62.4 Å². The number of amides is 1. The van der Waals surface area contributed by atoms with E-state index >= 15 is 0 Å². The molecule has 24 heavy (non-hydrogen) atoms. The van der Waals surface area contributed by atoms with Crippen LogP contribution in [-0.2, 0) is 4.79 Å². The molecule has 2 N–H and O–H groups in total. The monoisotopic (exact) mass is 329 g/mol. The summed E-state index contributed by atoms with van der Waals surface area (Å²) < 4.78 is 10.6. The summed E-state index contributed by atoms with van der Waals surface area (Å²) >= 11 is 0. The van der Waals surface area contributed by atoms with Crippen LogP contribution in [0.3, 0.4) is 0 Å². The molecule has 0 aliphatic heterocycles. The van der Waals surface area contributed by atoms with Crippen molar-refractivity contribution >= 4 is 17.6 Å². The van der Waals surface area contributed by atoms with Gasteiger partial charge in [0.25, 0.3) is 5.91 Å². The lowest BCUT2D eigenvalue weighted by molar-refractivity contribution is -0.144. The molecule has 2 aromatic carbocycles. The SMILES string of the molecule is CCOc1ccc(NC(=O)c2ccc(OC(C)C(=O)O)cc2)cc1. The van der Waals surface area contributed by atoms with E-state index in [1.807, 2.05) is 6.92 Å². The molecule has 126 valence electrons. The Labute approximate surface area is 140 Å². The Morgan fingerprint density at radius 2 is 1.62 bits per heavy atom. The summed E-state index contributed by atoms with van der Waals surface area (Å²) in [6, 6.07) is 13.4. The third-order valence-electron chi connectivity index (χ3n) is 3.20. The van der Waals surface area contributed by atoms with E-state index in [0.717, 1.165) is 5.75 Å². The van der Waals surface area contributed by atoms with Gasteiger partial charge in [0.1, 0.15) is 11.5 Å². The number of aliphatic carboxylic acids is 1. The molecule has 0 heterocycles. The van der Waals surface area contributed by atoms with Gasteiger partial charge in [0.2, 0.25) is 0 Å². The Morgan fingerprint density at radius 1 is 1.04 bits per heavy atom. The quantitative estimate of drug-likeness (QED) is 0.815. The number of anilines is 1. The maximum absolute atomic E-state index is 12.2. The number of carboxylic acids is 1. The smallest absolute Gasteiger partial charge is 0.344 e. The van der Waals surface area contributed by atoms with Crippen LogP contribution in [-0.4, -0.2) is 29.7 Å². The van der Waals surface area contributed by atoms with Gasteiger partial charge in [-0.3, -0.25) is 4.79 Å². The Kier molecular flexibility index (Phi) is 5.78. The van der Waals surface area contributed by atoms with E-state index in [1.54, 1.807) is 48.5 Å². The normalized spacial score (nSPS) is 11.4. The zero-order valence-electron chi connectivity index (χ0n) is 13.5. The Balaban J connectivity index is 1.98. The van der Waals surface area contributed by atoms with Gasteiger partial charge in [-0.1, -0.05) is 0 Å². The molecule has 0 saturated carbocycles. The highest BCUT2D eigenvalue weighted by Gasteiger charge is 2.13. The van der Waals surface area contributed by atoms with Crippen molar-refractivity contribution < 1.29 is 24.2 Å². The molecule has 6 nitrogen and oxygen atoms in total. The molecule has 0 aliphatic rings. The first-order chi connectivity index (χ1) is 11.5. The maximum atomic E-state index is 12.2. The minimum atomic E-state index is -1.05. The summed E-state index contributed by atoms with van der Waals surface area (Å²) in [5.41, 5.74) is 1.10. The van der Waals surface area contributed by atoms with E-state index in [0.29, 0.717) is 23.6 Å². The third kappa shape index (κ3) is 4.74. The first kappa shape index (κ1) is 17.3. The van der Waals surface area contributed by atoms with Crippen molar-refractivity contribution in [1.29, 1.82) is 0 Å². The van der Waals surface area contributed by atoms with Gasteiger partial charge >= 0.3 is 5.97 Å². The molecule has 0 aromatic heterocycles. The highest BCUT2D eigenvalue weighted by molar-refractivity contribution is 6.04. The number of benzene rings is 2. The van der Waals surface area contributed by atoms with Crippen LogP contribution in [0.25, 0.3) is 0 Å². The lowest BCUT2D eigenvalue weighted by atomic mass is 10.2. The number of nitrogens with one attached hydrogen (secondary N) is 1. The van der Waals surface area contributed by atoms with Crippen LogP contribution in [0.15, 0.2) is 48.5 Å². The van der Waals surface area contributed by atoms with E-state index in [1.165, 1.54) is 6.92 Å². The van der Waals surface area contributed by atoms with Gasteiger partial charge in [0.15, 0.2) is 6.10 Å². The van der Waals surface area contributed by atoms with Gasteiger partial charge in [0, 0.05) is 11.3 Å². The molecule has 0 aliphatic carbocycles. The van der Waals surface area contributed by atoms with Gasteiger partial charge in [0.05, 0.1) is 6.61 Å². The highest BCUT2D eigenvalue weighted by atomic mass is 16.5. The second-order valence-electron chi connectivity index (χ2n) is 5.03. The minimum Gasteiger partial charge on any atom is -0.494 e. The van der Waals surface area contributed by atoms with Gasteiger partial charge < -0.3 is 19.9 Å². The van der Waals surface area contributed by atoms with Crippen LogP contribution in [0.4, 0.5) is 5.69 Å². The minimum absolute atomic E-state index is 0.267. The predicted octanol–water partition coefficient (Wildman–Crippen LogP) is 3.19. The van der Waals surface area contributed by atoms with Crippen LogP contribution >= 0.6 is 0 Å². The largest absolute Gasteiger partial charge is 0.494 e. The molecular weight excluding hydrogens is 310 g/mol. The van der Waals surface area contributed by atoms with Crippen molar-refractivity contribution in [3.05, 3.63) is 54.1 Å². The van der Waals surface area contributed by atoms with Crippen molar-refractivity contribution in [2.24, 2.45) is 0 Å². The summed E-state index contributed by atoms with van der Waals surface area (Å²) in [7, 11) is 0. The van der Waals surface area contributed by atoms with Gasteiger partial charge in [-0.15, -0.1) is 0 Å². The van der Waals surface area contributed by atoms with Crippen molar-refractivity contribution in [3.63, 3.8) is 0 Å². The summed E-state index contributed by atoms with van der Waals surface area (Å²) in [5.74, 6) is -0.184. The van der Waals surface area contributed by atoms with Crippen LogP contribution in [0.5, 0.6) is 11.5 Å². The standard InChI is InChI=1S/C18H19NO5/c1-3-23-15-10-6-14(7-11-15)19-17(20)13-4-8-16(9-5-13)24-12(2)18(21)22/h4-12H,3H2,1-2H3,(H,19,20)(H,21,22). The van der Waals surface area contributed by atoms with Crippen LogP contribution in [0, 0.1) is 0 Å². The lowest BCUT2D eigenvalue weighted by Gasteiger charge is -2.11. The molecule has 0 fully saturated rings. The number of carboxylic acid groups (broad SMARTS) is 1. The maximum Gasteiger partial charge on any atom is 0.344 e. The fourth-order valence-electron chi connectivity index (χ4n) is 1.94. The zero-order valence-corrected chi connectivity index (χ0v) is 13.5. The van der Waals surface area contributed by atoms with E-state index in [9.17, 15) is 9.59 Å². The molecule has 0 saturated heterocycles. The summed E-state index contributed by atoms with van der Waals surface area (Å²) in [5, 5.41) is 11.6. The van der Waals surface area contributed by atoms with Gasteiger partial charge in [-0.25, -0.2) is 4.79 Å². The topological polar surface area (TPSA) is 84.9 Å². The Hall–Kier alpha value is -3.02. The Bertz CT molecular complexity index is 694. The summed E-state index contributed by atoms with van der Waals surface area (Å²) in [4.78, 5) is 22.9. The Morgan fingerprint density at radius 3 is 2.17 bits per heavy atom. The summed E-state index contributed by atoms with van der Waals surface area (Å²) in [6.45, 7) is 3.93. The molecule has 2 aromatic rings. The number of carbonyl (C=O) groups is 2. The molecular formula is C18H19NO5. The first-order valence-corrected chi connectivity index (χ1v) is 7.53. The zero-order chi connectivity index (χ0) is 17.5. The average Bonchev–Trinajstić information content (AvgIpc) is 2.57. The molecule has 2 rings (SSSR count). The number of ether oxygens (including phenoxy) is 2. The fourth-order valence-corrected chi connectivity index (χ4v) is 1.94. The molecule has 1 atom stereocenters. The fraction of sp³-hybridized carbons (Fsp3) is 0.222. The van der Waals surface area contributed by atoms with Crippen molar-refractivity contribution in [2.75, 3.05) is 11.9 Å². The number of hydrogen-bond donors (Lipinski definition) is 2. The van der Waals surface area contributed by atoms with Gasteiger partial charge in [-0.2, -0.15) is 0 Å². The molecule has 6 heteroatoms. The van der Waals surface area contributed by atoms with E-state index in [4.69, 9.17) is 14.6 Å². The first-order valence-electron chi connectivity index (χ1n) is 7.53. The number of rotatable bonds is 7. The highest BCUT2D eigenvalue weighted by Crippen LogP contribution is 2.18. The molecule has 1 unspecified atom stereocenters. The van der Waals surface area contributed by atoms with Crippen molar-refractivity contribution in [2.45, 2.75) is 20.0 Å². The third-order valence-corrected chi connectivity index (χ3v) is 3.20. The predicted molar refractivity (Wildman–Crippen MR) is 89.7 cm³/mol. The molecule has 0 radical (unpaired) electrons. The van der Waals surface area contributed by atoms with Crippen LogP contribution in [0.2, 0.25) is 0 Å². The van der Waals surface area contributed by atoms with Crippen molar-refractivity contribution in [3.8, 4) is 11.5 Å². The van der Waals surface area contributed by atoms with E-state index in [2.05, 4.69) is 5.32 Å². The van der Waals surface area contributed by atoms with Crippen LogP contribution in [0.1, 0.15) is 24.2 Å².